The van der Waals surface area contributed by atoms with Crippen LogP contribution >= 0.6 is 0 Å². The fourth-order valence-electron chi connectivity index (χ4n) is 8.97. The molecule has 0 bridgehead atoms. The summed E-state index contributed by atoms with van der Waals surface area (Å²) in [6.07, 6.45) is 0. The fourth-order valence-corrected chi connectivity index (χ4v) is 8.97. The van der Waals surface area contributed by atoms with Crippen molar-refractivity contribution < 1.29 is 0 Å². The molecule has 0 spiro atoms. The predicted molar refractivity (Wildman–Crippen MR) is 254 cm³/mol. The van der Waals surface area contributed by atoms with E-state index in [9.17, 15) is 5.26 Å². The summed E-state index contributed by atoms with van der Waals surface area (Å²) in [5.41, 5.74) is 19.2. The molecule has 0 fully saturated rings. The molecule has 1 aromatic heterocycles. The van der Waals surface area contributed by atoms with E-state index in [1.54, 1.807) is 0 Å². The first-order valence-electron chi connectivity index (χ1n) is 20.9. The normalized spacial score (nSPS) is 11.4. The van der Waals surface area contributed by atoms with Gasteiger partial charge in [0.05, 0.1) is 11.6 Å². The number of hydrogen-bond donors (Lipinski definition) is 0. The summed E-state index contributed by atoms with van der Waals surface area (Å²) in [5.74, 6) is 1.86. The van der Waals surface area contributed by atoms with Crippen LogP contribution in [0.1, 0.15) is 16.7 Å². The minimum atomic E-state index is 0.603. The van der Waals surface area contributed by atoms with Crippen LogP contribution in [0.4, 0.5) is 0 Å². The third-order valence-electron chi connectivity index (χ3n) is 12.1. The first-order chi connectivity index (χ1) is 30.5. The van der Waals surface area contributed by atoms with Crippen LogP contribution in [0, 0.1) is 25.2 Å². The molecule has 4 heteroatoms. The number of hydrogen-bond acceptors (Lipinski definition) is 4. The lowest BCUT2D eigenvalue weighted by Gasteiger charge is -2.15. The molecule has 10 aromatic rings. The highest BCUT2D eigenvalue weighted by atomic mass is 15.0. The molecule has 1 heterocycles. The van der Waals surface area contributed by atoms with Crippen molar-refractivity contribution in [1.29, 1.82) is 5.26 Å². The van der Waals surface area contributed by atoms with Crippen LogP contribution in [0.15, 0.2) is 194 Å². The van der Waals surface area contributed by atoms with Crippen LogP contribution in [0.3, 0.4) is 0 Å². The van der Waals surface area contributed by atoms with Crippen molar-refractivity contribution in [2.45, 2.75) is 13.8 Å². The Morgan fingerprint density at radius 1 is 0.339 bits per heavy atom. The van der Waals surface area contributed by atoms with E-state index in [4.69, 9.17) is 15.0 Å². The lowest BCUT2D eigenvalue weighted by molar-refractivity contribution is 1.07. The average molecular weight is 791 g/mol. The SMILES string of the molecule is Cc1ccc(-c2nc(-c3ccc(C)cc3)nc(-c3cccc(-c4cccc(-c5c(C#N)cccc5-c5cccc(-c6ccc7c8c(cccc68)-c6ccccc6-7)c5)c4)c3)n2)cc1. The van der Waals surface area contributed by atoms with Crippen LogP contribution in [-0.4, -0.2) is 15.0 Å². The maximum atomic E-state index is 10.6. The van der Waals surface area contributed by atoms with Crippen molar-refractivity contribution in [3.05, 3.63) is 211 Å². The Hall–Kier alpha value is -8.26. The highest BCUT2D eigenvalue weighted by Gasteiger charge is 2.23. The maximum absolute atomic E-state index is 10.6. The second-order valence-electron chi connectivity index (χ2n) is 16.1. The van der Waals surface area contributed by atoms with Gasteiger partial charge in [0.25, 0.3) is 0 Å². The first-order valence-corrected chi connectivity index (χ1v) is 20.9. The summed E-state index contributed by atoms with van der Waals surface area (Å²) in [5, 5.41) is 13.1. The molecule has 0 N–H and O–H groups in total. The Balaban J connectivity index is 0.985. The third-order valence-corrected chi connectivity index (χ3v) is 12.1. The second-order valence-corrected chi connectivity index (χ2v) is 16.1. The molecule has 11 rings (SSSR count). The van der Waals surface area contributed by atoms with Crippen molar-refractivity contribution >= 4 is 10.8 Å². The molecule has 0 radical (unpaired) electrons. The Labute approximate surface area is 361 Å². The molecule has 0 saturated heterocycles. The smallest absolute Gasteiger partial charge is 0.164 e. The van der Waals surface area contributed by atoms with Gasteiger partial charge in [-0.25, -0.2) is 15.0 Å². The molecule has 0 aliphatic heterocycles. The van der Waals surface area contributed by atoms with Gasteiger partial charge in [0, 0.05) is 22.3 Å². The second kappa shape index (κ2) is 15.1. The van der Waals surface area contributed by atoms with Crippen LogP contribution < -0.4 is 0 Å². The van der Waals surface area contributed by atoms with E-state index < -0.39 is 0 Å². The van der Waals surface area contributed by atoms with Gasteiger partial charge in [-0.1, -0.05) is 181 Å². The molecule has 0 amide bonds. The van der Waals surface area contributed by atoms with Gasteiger partial charge < -0.3 is 0 Å². The average Bonchev–Trinajstić information content (AvgIpc) is 3.66. The van der Waals surface area contributed by atoms with Crippen LogP contribution in [0.2, 0.25) is 0 Å². The molecule has 4 nitrogen and oxygen atoms in total. The number of benzene rings is 9. The third kappa shape index (κ3) is 6.45. The Morgan fingerprint density at radius 3 is 1.40 bits per heavy atom. The molecular formula is C58H38N4. The van der Waals surface area contributed by atoms with Crippen molar-refractivity contribution in [3.8, 4) is 107 Å². The monoisotopic (exact) mass is 790 g/mol. The van der Waals surface area contributed by atoms with E-state index in [-0.39, 0.29) is 0 Å². The van der Waals surface area contributed by atoms with Crippen LogP contribution in [-0.2, 0) is 0 Å². The highest BCUT2D eigenvalue weighted by molar-refractivity contribution is 6.18. The quantitative estimate of drug-likeness (QED) is 0.161. The standard InChI is InChI=1S/C58H38N4/c1-36-22-26-38(27-23-36)56-60-57(39-28-24-37(2)25-29-39)62-58(61-56)45-15-6-11-41(33-45)40-10-5-14-44(32-40)54-46(35-59)16-8-19-48(54)43-13-7-12-42(34-43)47-30-31-53-50-18-4-3-17-49(50)52-21-9-20-51(47)55(52)53/h3-34H,1-2H3. The van der Waals surface area contributed by atoms with Gasteiger partial charge in [-0.05, 0) is 110 Å². The van der Waals surface area contributed by atoms with Gasteiger partial charge in [0.2, 0.25) is 0 Å². The van der Waals surface area contributed by atoms with Gasteiger partial charge in [-0.15, -0.1) is 0 Å². The summed E-state index contributed by atoms with van der Waals surface area (Å²) in [6.45, 7) is 4.15. The van der Waals surface area contributed by atoms with Crippen molar-refractivity contribution in [3.63, 3.8) is 0 Å². The number of rotatable bonds is 7. The molecule has 1 aliphatic carbocycles. The lowest BCUT2D eigenvalue weighted by atomic mass is 9.87. The Morgan fingerprint density at radius 2 is 0.774 bits per heavy atom. The molecule has 0 unspecified atom stereocenters. The maximum Gasteiger partial charge on any atom is 0.164 e. The first kappa shape index (κ1) is 36.8. The topological polar surface area (TPSA) is 62.5 Å². The molecule has 0 saturated carbocycles. The van der Waals surface area contributed by atoms with E-state index in [2.05, 4.69) is 202 Å². The van der Waals surface area contributed by atoms with E-state index in [1.165, 1.54) is 49.7 Å². The summed E-state index contributed by atoms with van der Waals surface area (Å²) >= 11 is 0. The largest absolute Gasteiger partial charge is 0.208 e. The van der Waals surface area contributed by atoms with Crippen molar-refractivity contribution in [1.82, 2.24) is 15.0 Å². The lowest BCUT2D eigenvalue weighted by Crippen LogP contribution is -2.00. The zero-order valence-corrected chi connectivity index (χ0v) is 34.3. The molecule has 1 aliphatic rings. The van der Waals surface area contributed by atoms with Crippen molar-refractivity contribution in [2.24, 2.45) is 0 Å². The minimum absolute atomic E-state index is 0.603. The Kier molecular flexibility index (Phi) is 8.95. The number of aromatic nitrogens is 3. The summed E-state index contributed by atoms with van der Waals surface area (Å²) in [4.78, 5) is 15.0. The van der Waals surface area contributed by atoms with Crippen LogP contribution in [0.25, 0.3) is 112 Å². The summed E-state index contributed by atoms with van der Waals surface area (Å²) in [6, 6.07) is 70.6. The van der Waals surface area contributed by atoms with Gasteiger partial charge in [0.1, 0.15) is 0 Å². The van der Waals surface area contributed by atoms with Gasteiger partial charge >= 0.3 is 0 Å². The van der Waals surface area contributed by atoms with Crippen LogP contribution in [0.5, 0.6) is 0 Å². The number of fused-ring (bicyclic) bond motifs is 3. The number of nitrogens with zero attached hydrogens (tertiary/aromatic N) is 4. The van der Waals surface area contributed by atoms with Crippen molar-refractivity contribution in [2.75, 3.05) is 0 Å². The van der Waals surface area contributed by atoms with Gasteiger partial charge in [-0.2, -0.15) is 5.26 Å². The highest BCUT2D eigenvalue weighted by Crippen LogP contribution is 2.49. The zero-order valence-electron chi connectivity index (χ0n) is 34.3. The molecular weight excluding hydrogens is 753 g/mol. The molecule has 9 aromatic carbocycles. The van der Waals surface area contributed by atoms with E-state index >= 15 is 0 Å². The van der Waals surface area contributed by atoms with E-state index in [1.807, 2.05) is 12.1 Å². The number of nitriles is 1. The summed E-state index contributed by atoms with van der Waals surface area (Å²) < 4.78 is 0. The van der Waals surface area contributed by atoms with E-state index in [0.717, 1.165) is 55.6 Å². The number of aryl methyl sites for hydroxylation is 2. The van der Waals surface area contributed by atoms with Gasteiger partial charge in [-0.3, -0.25) is 0 Å². The molecule has 62 heavy (non-hydrogen) atoms. The molecule has 0 atom stereocenters. The predicted octanol–water partition coefficient (Wildman–Crippen LogP) is 14.8. The Bertz CT molecular complexity index is 3340. The van der Waals surface area contributed by atoms with E-state index in [0.29, 0.717) is 23.0 Å². The zero-order chi connectivity index (χ0) is 41.7. The summed E-state index contributed by atoms with van der Waals surface area (Å²) in [7, 11) is 0. The molecule has 290 valence electrons. The fraction of sp³-hybridized carbons (Fsp3) is 0.0345. The van der Waals surface area contributed by atoms with Gasteiger partial charge in [0.15, 0.2) is 17.5 Å². The minimum Gasteiger partial charge on any atom is -0.208 e.